The van der Waals surface area contributed by atoms with Gasteiger partial charge in [0.1, 0.15) is 11.5 Å². The first-order chi connectivity index (χ1) is 9.76. The van der Waals surface area contributed by atoms with Crippen molar-refractivity contribution >= 4 is 17.4 Å². The SMILES string of the molecule is COc1ccc(OC)c2c1C=C[C@H](c1cccs1)[C@@H]2O. The first kappa shape index (κ1) is 13.2. The van der Waals surface area contributed by atoms with Crippen LogP contribution in [0, 0.1) is 0 Å². The lowest BCUT2D eigenvalue weighted by atomic mass is 9.85. The van der Waals surface area contributed by atoms with E-state index >= 15 is 0 Å². The van der Waals surface area contributed by atoms with Crippen LogP contribution in [0.3, 0.4) is 0 Å². The van der Waals surface area contributed by atoms with Gasteiger partial charge in [-0.3, -0.25) is 0 Å². The number of aliphatic hydroxyl groups excluding tert-OH is 1. The first-order valence-corrected chi connectivity index (χ1v) is 7.28. The maximum absolute atomic E-state index is 10.7. The molecule has 3 rings (SSSR count). The van der Waals surface area contributed by atoms with Gasteiger partial charge in [0.25, 0.3) is 0 Å². The number of ether oxygens (including phenoxy) is 2. The third-order valence-corrected chi connectivity index (χ3v) is 4.60. The van der Waals surface area contributed by atoms with E-state index in [9.17, 15) is 5.11 Å². The zero-order chi connectivity index (χ0) is 14.1. The molecule has 104 valence electrons. The molecule has 0 aliphatic heterocycles. The average molecular weight is 288 g/mol. The van der Waals surface area contributed by atoms with Crippen LogP contribution in [0.25, 0.3) is 6.08 Å². The van der Waals surface area contributed by atoms with Gasteiger partial charge in [0.05, 0.1) is 20.3 Å². The minimum Gasteiger partial charge on any atom is -0.496 e. The molecule has 0 saturated carbocycles. The standard InChI is InChI=1S/C16H16O3S/c1-18-12-7-8-13(19-2)15-10(12)5-6-11(16(15)17)14-4-3-9-20-14/h3-9,11,16-17H,1-2H3/t11-,16+/m1/s1. The molecule has 0 spiro atoms. The number of rotatable bonds is 3. The topological polar surface area (TPSA) is 38.7 Å². The Kier molecular flexibility index (Phi) is 3.51. The summed E-state index contributed by atoms with van der Waals surface area (Å²) >= 11 is 1.65. The van der Waals surface area contributed by atoms with Gasteiger partial charge in [-0.25, -0.2) is 0 Å². The van der Waals surface area contributed by atoms with Gasteiger partial charge in [0.2, 0.25) is 0 Å². The van der Waals surface area contributed by atoms with Crippen LogP contribution in [0.4, 0.5) is 0 Å². The predicted molar refractivity (Wildman–Crippen MR) is 80.6 cm³/mol. The lowest BCUT2D eigenvalue weighted by Crippen LogP contribution is -2.14. The molecule has 2 aromatic rings. The zero-order valence-electron chi connectivity index (χ0n) is 11.4. The lowest BCUT2D eigenvalue weighted by Gasteiger charge is -2.27. The van der Waals surface area contributed by atoms with Crippen LogP contribution in [0.1, 0.15) is 28.0 Å². The van der Waals surface area contributed by atoms with Crippen molar-refractivity contribution in [1.82, 2.24) is 0 Å². The highest BCUT2D eigenvalue weighted by Crippen LogP contribution is 2.46. The fourth-order valence-electron chi connectivity index (χ4n) is 2.65. The lowest BCUT2D eigenvalue weighted by molar-refractivity contribution is 0.157. The molecule has 3 nitrogen and oxygen atoms in total. The Bertz CT molecular complexity index is 631. The summed E-state index contributed by atoms with van der Waals surface area (Å²) in [7, 11) is 3.25. The van der Waals surface area contributed by atoms with Gasteiger partial charge in [-0.05, 0) is 23.6 Å². The second-order valence-corrected chi connectivity index (χ2v) is 5.62. The van der Waals surface area contributed by atoms with Crippen molar-refractivity contribution in [3.63, 3.8) is 0 Å². The smallest absolute Gasteiger partial charge is 0.126 e. The Balaban J connectivity index is 2.12. The molecule has 1 aromatic heterocycles. The van der Waals surface area contributed by atoms with Crippen molar-refractivity contribution in [3.8, 4) is 11.5 Å². The Morgan fingerprint density at radius 1 is 1.10 bits per heavy atom. The zero-order valence-corrected chi connectivity index (χ0v) is 12.2. The highest BCUT2D eigenvalue weighted by atomic mass is 32.1. The summed E-state index contributed by atoms with van der Waals surface area (Å²) in [6.07, 6.45) is 3.41. The number of thiophene rings is 1. The third-order valence-electron chi connectivity index (χ3n) is 3.62. The van der Waals surface area contributed by atoms with Crippen LogP contribution < -0.4 is 9.47 Å². The molecular weight excluding hydrogens is 272 g/mol. The quantitative estimate of drug-likeness (QED) is 0.937. The van der Waals surface area contributed by atoms with E-state index in [0.29, 0.717) is 5.75 Å². The summed E-state index contributed by atoms with van der Waals surface area (Å²) in [5.41, 5.74) is 1.69. The van der Waals surface area contributed by atoms with Gasteiger partial charge in [-0.2, -0.15) is 0 Å². The average Bonchev–Trinajstić information content (AvgIpc) is 3.00. The Hall–Kier alpha value is -1.78. The second kappa shape index (κ2) is 5.31. The predicted octanol–water partition coefficient (Wildman–Crippen LogP) is 3.61. The summed E-state index contributed by atoms with van der Waals surface area (Å²) in [5.74, 6) is 1.41. The number of fused-ring (bicyclic) bond motifs is 1. The Morgan fingerprint density at radius 2 is 1.85 bits per heavy atom. The fourth-order valence-corrected chi connectivity index (χ4v) is 3.48. The molecule has 4 heteroatoms. The molecule has 0 radical (unpaired) electrons. The highest BCUT2D eigenvalue weighted by Gasteiger charge is 2.30. The van der Waals surface area contributed by atoms with Crippen LogP contribution in [0.5, 0.6) is 11.5 Å². The van der Waals surface area contributed by atoms with Crippen LogP contribution in [0.15, 0.2) is 35.7 Å². The molecule has 1 heterocycles. The highest BCUT2D eigenvalue weighted by molar-refractivity contribution is 7.10. The molecule has 2 atom stereocenters. The molecule has 0 saturated heterocycles. The van der Waals surface area contributed by atoms with E-state index in [1.165, 1.54) is 0 Å². The molecular formula is C16H16O3S. The number of aliphatic hydroxyl groups is 1. The van der Waals surface area contributed by atoms with Crippen LogP contribution in [0.2, 0.25) is 0 Å². The molecule has 0 fully saturated rings. The van der Waals surface area contributed by atoms with E-state index in [4.69, 9.17) is 9.47 Å². The van der Waals surface area contributed by atoms with Crippen molar-refractivity contribution in [2.75, 3.05) is 14.2 Å². The van der Waals surface area contributed by atoms with E-state index < -0.39 is 6.10 Å². The van der Waals surface area contributed by atoms with Gasteiger partial charge in [0.15, 0.2) is 0 Å². The van der Waals surface area contributed by atoms with Crippen molar-refractivity contribution in [2.45, 2.75) is 12.0 Å². The number of hydrogen-bond acceptors (Lipinski definition) is 4. The maximum atomic E-state index is 10.7. The van der Waals surface area contributed by atoms with Gasteiger partial charge < -0.3 is 14.6 Å². The number of methoxy groups -OCH3 is 2. The molecule has 1 aliphatic rings. The van der Waals surface area contributed by atoms with Gasteiger partial charge >= 0.3 is 0 Å². The largest absolute Gasteiger partial charge is 0.496 e. The fraction of sp³-hybridized carbons (Fsp3) is 0.250. The number of benzene rings is 1. The van der Waals surface area contributed by atoms with E-state index in [1.54, 1.807) is 25.6 Å². The molecule has 0 amide bonds. The molecule has 1 aliphatic carbocycles. The van der Waals surface area contributed by atoms with Gasteiger partial charge in [-0.15, -0.1) is 11.3 Å². The monoisotopic (exact) mass is 288 g/mol. The molecule has 0 bridgehead atoms. The maximum Gasteiger partial charge on any atom is 0.126 e. The molecule has 1 aromatic carbocycles. The summed E-state index contributed by atoms with van der Waals surface area (Å²) in [6.45, 7) is 0. The number of hydrogen-bond donors (Lipinski definition) is 1. The van der Waals surface area contributed by atoms with Crippen LogP contribution in [-0.2, 0) is 0 Å². The van der Waals surface area contributed by atoms with E-state index in [0.717, 1.165) is 21.8 Å². The normalized spacial score (nSPS) is 20.6. The Labute approximate surface area is 122 Å². The van der Waals surface area contributed by atoms with Crippen molar-refractivity contribution in [2.24, 2.45) is 0 Å². The third kappa shape index (κ3) is 2.01. The summed E-state index contributed by atoms with van der Waals surface area (Å²) < 4.78 is 10.8. The van der Waals surface area contributed by atoms with Crippen molar-refractivity contribution in [3.05, 3.63) is 51.7 Å². The van der Waals surface area contributed by atoms with Crippen LogP contribution in [-0.4, -0.2) is 19.3 Å². The summed E-state index contributed by atoms with van der Waals surface area (Å²) in [4.78, 5) is 1.14. The minimum atomic E-state index is -0.626. The molecule has 20 heavy (non-hydrogen) atoms. The minimum absolute atomic E-state index is 0.0384. The van der Waals surface area contributed by atoms with Gasteiger partial charge in [0, 0.05) is 21.9 Å². The van der Waals surface area contributed by atoms with Gasteiger partial charge in [-0.1, -0.05) is 18.2 Å². The van der Waals surface area contributed by atoms with Crippen LogP contribution >= 0.6 is 11.3 Å². The molecule has 1 N–H and O–H groups in total. The summed E-state index contributed by atoms with van der Waals surface area (Å²) in [5, 5.41) is 12.8. The first-order valence-electron chi connectivity index (χ1n) is 6.40. The van der Waals surface area contributed by atoms with E-state index in [2.05, 4.69) is 0 Å². The second-order valence-electron chi connectivity index (χ2n) is 4.64. The summed E-state index contributed by atoms with van der Waals surface area (Å²) in [6, 6.07) is 7.74. The Morgan fingerprint density at radius 3 is 2.50 bits per heavy atom. The molecule has 0 unspecified atom stereocenters. The van der Waals surface area contributed by atoms with E-state index in [1.807, 2.05) is 41.8 Å². The van der Waals surface area contributed by atoms with Crippen molar-refractivity contribution < 1.29 is 14.6 Å². The van der Waals surface area contributed by atoms with Crippen molar-refractivity contribution in [1.29, 1.82) is 0 Å². The van der Waals surface area contributed by atoms with E-state index in [-0.39, 0.29) is 5.92 Å².